The fourth-order valence-electron chi connectivity index (χ4n) is 4.20. The van der Waals surface area contributed by atoms with Gasteiger partial charge >= 0.3 is 5.97 Å². The van der Waals surface area contributed by atoms with Crippen LogP contribution in [0, 0.1) is 20.8 Å². The SMILES string of the molecule is Cc1c(C)c2c(c(C)c1NC(=O)c1ccc(C(=O)O)c(O)c1)CCCC2C. The lowest BCUT2D eigenvalue weighted by Gasteiger charge is -2.29. The topological polar surface area (TPSA) is 86.6 Å². The molecule has 1 unspecified atom stereocenters. The van der Waals surface area contributed by atoms with Gasteiger partial charge in [-0.25, -0.2) is 4.79 Å². The van der Waals surface area contributed by atoms with Crippen molar-refractivity contribution in [2.75, 3.05) is 5.32 Å². The first kappa shape index (κ1) is 19.0. The van der Waals surface area contributed by atoms with Crippen molar-refractivity contribution >= 4 is 17.6 Å². The van der Waals surface area contributed by atoms with Gasteiger partial charge in [-0.05, 0) is 92.0 Å². The monoisotopic (exact) mass is 367 g/mol. The molecular weight excluding hydrogens is 342 g/mol. The lowest BCUT2D eigenvalue weighted by molar-refractivity contribution is 0.0693. The molecule has 0 aliphatic heterocycles. The Bertz CT molecular complexity index is 946. The molecule has 0 aromatic heterocycles. The van der Waals surface area contributed by atoms with E-state index in [1.54, 1.807) is 0 Å². The Balaban J connectivity index is 1.99. The zero-order valence-electron chi connectivity index (χ0n) is 16.1. The number of nitrogens with one attached hydrogen (secondary N) is 1. The highest BCUT2D eigenvalue weighted by Crippen LogP contribution is 2.40. The molecule has 0 radical (unpaired) electrons. The molecule has 0 spiro atoms. The van der Waals surface area contributed by atoms with Gasteiger partial charge in [0.25, 0.3) is 5.91 Å². The van der Waals surface area contributed by atoms with Crippen molar-refractivity contribution in [3.63, 3.8) is 0 Å². The molecule has 5 heteroatoms. The molecule has 1 aliphatic rings. The van der Waals surface area contributed by atoms with E-state index in [-0.39, 0.29) is 17.0 Å². The van der Waals surface area contributed by atoms with Gasteiger partial charge in [0.1, 0.15) is 11.3 Å². The molecule has 1 aliphatic carbocycles. The summed E-state index contributed by atoms with van der Waals surface area (Å²) in [5.74, 6) is -1.49. The first-order valence-electron chi connectivity index (χ1n) is 9.22. The predicted molar refractivity (Wildman–Crippen MR) is 105 cm³/mol. The number of hydrogen-bond donors (Lipinski definition) is 3. The third kappa shape index (κ3) is 3.29. The molecule has 1 amide bonds. The van der Waals surface area contributed by atoms with Gasteiger partial charge in [-0.3, -0.25) is 4.79 Å². The van der Waals surface area contributed by atoms with Crippen molar-refractivity contribution < 1.29 is 19.8 Å². The highest BCUT2D eigenvalue weighted by molar-refractivity contribution is 6.06. The van der Waals surface area contributed by atoms with Crippen LogP contribution in [0.4, 0.5) is 5.69 Å². The molecule has 0 fully saturated rings. The molecule has 3 N–H and O–H groups in total. The number of aromatic carboxylic acids is 1. The van der Waals surface area contributed by atoms with E-state index in [1.165, 1.54) is 41.3 Å². The molecule has 0 saturated carbocycles. The van der Waals surface area contributed by atoms with Gasteiger partial charge in [-0.1, -0.05) is 6.92 Å². The molecule has 1 atom stereocenters. The number of phenols is 1. The quantitative estimate of drug-likeness (QED) is 0.733. The van der Waals surface area contributed by atoms with E-state index in [9.17, 15) is 14.7 Å². The van der Waals surface area contributed by atoms with Gasteiger partial charge in [0.05, 0.1) is 0 Å². The smallest absolute Gasteiger partial charge is 0.339 e. The second-order valence-corrected chi connectivity index (χ2v) is 7.43. The Morgan fingerprint density at radius 3 is 2.44 bits per heavy atom. The van der Waals surface area contributed by atoms with E-state index in [1.807, 2.05) is 13.8 Å². The maximum absolute atomic E-state index is 12.7. The maximum Gasteiger partial charge on any atom is 0.339 e. The van der Waals surface area contributed by atoms with E-state index >= 15 is 0 Å². The summed E-state index contributed by atoms with van der Waals surface area (Å²) < 4.78 is 0. The van der Waals surface area contributed by atoms with Crippen LogP contribution in [-0.2, 0) is 6.42 Å². The number of carboxylic acid groups (broad SMARTS) is 1. The van der Waals surface area contributed by atoms with Crippen molar-refractivity contribution in [3.05, 3.63) is 57.1 Å². The Morgan fingerprint density at radius 2 is 1.81 bits per heavy atom. The van der Waals surface area contributed by atoms with Gasteiger partial charge < -0.3 is 15.5 Å². The van der Waals surface area contributed by atoms with Gasteiger partial charge in [0.15, 0.2) is 0 Å². The van der Waals surface area contributed by atoms with Crippen LogP contribution in [0.3, 0.4) is 0 Å². The number of aromatic hydroxyl groups is 1. The largest absolute Gasteiger partial charge is 0.507 e. The Morgan fingerprint density at radius 1 is 1.11 bits per heavy atom. The zero-order valence-corrected chi connectivity index (χ0v) is 16.1. The van der Waals surface area contributed by atoms with Gasteiger partial charge in [-0.2, -0.15) is 0 Å². The maximum atomic E-state index is 12.7. The molecule has 2 aromatic rings. The summed E-state index contributed by atoms with van der Waals surface area (Å²) in [6, 6.07) is 3.85. The van der Waals surface area contributed by atoms with Crippen LogP contribution < -0.4 is 5.32 Å². The lowest BCUT2D eigenvalue weighted by atomic mass is 9.77. The van der Waals surface area contributed by atoms with E-state index in [2.05, 4.69) is 19.2 Å². The van der Waals surface area contributed by atoms with E-state index < -0.39 is 11.7 Å². The fraction of sp³-hybridized carbons (Fsp3) is 0.364. The van der Waals surface area contributed by atoms with Gasteiger partial charge in [-0.15, -0.1) is 0 Å². The van der Waals surface area contributed by atoms with Crippen LogP contribution >= 0.6 is 0 Å². The summed E-state index contributed by atoms with van der Waals surface area (Å²) in [7, 11) is 0. The minimum absolute atomic E-state index is 0.222. The minimum Gasteiger partial charge on any atom is -0.507 e. The normalized spacial score (nSPS) is 15.9. The first-order chi connectivity index (χ1) is 12.7. The molecule has 2 aromatic carbocycles. The summed E-state index contributed by atoms with van der Waals surface area (Å²) in [5, 5.41) is 21.8. The molecule has 0 saturated heterocycles. The van der Waals surface area contributed by atoms with Crippen LogP contribution in [0.1, 0.15) is 74.2 Å². The van der Waals surface area contributed by atoms with Crippen molar-refractivity contribution in [1.82, 2.24) is 0 Å². The summed E-state index contributed by atoms with van der Waals surface area (Å²) in [6.45, 7) is 8.43. The number of carbonyl (C=O) groups excluding carboxylic acids is 1. The Hall–Kier alpha value is -2.82. The molecule has 5 nitrogen and oxygen atoms in total. The van der Waals surface area contributed by atoms with Gasteiger partial charge in [0, 0.05) is 11.3 Å². The summed E-state index contributed by atoms with van der Waals surface area (Å²) >= 11 is 0. The number of hydrogen-bond acceptors (Lipinski definition) is 3. The van der Waals surface area contributed by atoms with E-state index in [4.69, 9.17) is 5.11 Å². The average Bonchev–Trinajstić information content (AvgIpc) is 2.62. The van der Waals surface area contributed by atoms with Crippen LogP contribution in [-0.4, -0.2) is 22.1 Å². The second-order valence-electron chi connectivity index (χ2n) is 7.43. The van der Waals surface area contributed by atoms with Crippen molar-refractivity contribution in [2.24, 2.45) is 0 Å². The van der Waals surface area contributed by atoms with Crippen molar-refractivity contribution in [3.8, 4) is 5.75 Å². The third-order valence-electron chi connectivity index (χ3n) is 5.78. The predicted octanol–water partition coefficient (Wildman–Crippen LogP) is 4.71. The summed E-state index contributed by atoms with van der Waals surface area (Å²) in [6.07, 6.45) is 3.35. The summed E-state index contributed by atoms with van der Waals surface area (Å²) in [4.78, 5) is 23.7. The fourth-order valence-corrected chi connectivity index (χ4v) is 4.20. The van der Waals surface area contributed by atoms with Gasteiger partial charge in [0.2, 0.25) is 0 Å². The van der Waals surface area contributed by atoms with E-state index in [0.717, 1.165) is 29.7 Å². The Kier molecular flexibility index (Phi) is 4.96. The summed E-state index contributed by atoms with van der Waals surface area (Å²) in [5.41, 5.74) is 6.93. The number of amides is 1. The molecular formula is C22H25NO4. The van der Waals surface area contributed by atoms with Crippen LogP contribution in [0.25, 0.3) is 0 Å². The van der Waals surface area contributed by atoms with Crippen LogP contribution in [0.15, 0.2) is 18.2 Å². The highest BCUT2D eigenvalue weighted by Gasteiger charge is 2.25. The number of fused-ring (bicyclic) bond motifs is 1. The third-order valence-corrected chi connectivity index (χ3v) is 5.78. The van der Waals surface area contributed by atoms with Crippen molar-refractivity contribution in [1.29, 1.82) is 0 Å². The molecule has 0 bridgehead atoms. The molecule has 142 valence electrons. The zero-order chi connectivity index (χ0) is 19.9. The first-order valence-corrected chi connectivity index (χ1v) is 9.22. The molecule has 27 heavy (non-hydrogen) atoms. The van der Waals surface area contributed by atoms with Crippen LogP contribution in [0.2, 0.25) is 0 Å². The molecule has 0 heterocycles. The van der Waals surface area contributed by atoms with Crippen LogP contribution in [0.5, 0.6) is 5.75 Å². The number of carbonyl (C=O) groups is 2. The highest BCUT2D eigenvalue weighted by atomic mass is 16.4. The van der Waals surface area contributed by atoms with E-state index in [0.29, 0.717) is 5.92 Å². The average molecular weight is 367 g/mol. The second kappa shape index (κ2) is 7.06. The number of anilines is 1. The number of rotatable bonds is 3. The Labute approximate surface area is 159 Å². The molecule has 3 rings (SSSR count). The standard InChI is InChI=1S/C22H25NO4/c1-11-6-5-7-16-14(4)20(13(3)12(2)19(11)16)23-21(25)15-8-9-17(22(26)27)18(24)10-15/h8-11,24H,5-7H2,1-4H3,(H,23,25)(H,26,27). The minimum atomic E-state index is -1.23. The number of benzene rings is 2. The lowest BCUT2D eigenvalue weighted by Crippen LogP contribution is -2.18. The number of carboxylic acids is 1. The van der Waals surface area contributed by atoms with Crippen molar-refractivity contribution in [2.45, 2.75) is 52.9 Å².